The Bertz CT molecular complexity index is 1310. The fourth-order valence-electron chi connectivity index (χ4n) is 3.99. The molecule has 9 heteroatoms. The number of sulfonamides is 1. The van der Waals surface area contributed by atoms with Gasteiger partial charge in [-0.3, -0.25) is 4.79 Å². The molecule has 1 aliphatic heterocycles. The van der Waals surface area contributed by atoms with E-state index in [0.29, 0.717) is 30.9 Å². The van der Waals surface area contributed by atoms with Crippen molar-refractivity contribution in [1.82, 2.24) is 14.4 Å². The number of amides is 1. The molecule has 0 radical (unpaired) electrons. The highest BCUT2D eigenvalue weighted by Crippen LogP contribution is 2.29. The molecule has 3 heterocycles. The third kappa shape index (κ3) is 5.26. The Kier molecular flexibility index (Phi) is 6.95. The lowest BCUT2D eigenvalue weighted by molar-refractivity contribution is -0.120. The maximum absolute atomic E-state index is 13.6. The highest BCUT2D eigenvalue weighted by atomic mass is 32.2. The summed E-state index contributed by atoms with van der Waals surface area (Å²) in [6.45, 7) is 5.88. The summed E-state index contributed by atoms with van der Waals surface area (Å²) in [5, 5.41) is 6.71. The number of piperidine rings is 1. The van der Waals surface area contributed by atoms with E-state index in [9.17, 15) is 13.2 Å². The normalized spacial score (nSPS) is 17.2. The monoisotopic (exact) mass is 480 g/mol. The van der Waals surface area contributed by atoms with E-state index in [0.717, 1.165) is 16.8 Å². The summed E-state index contributed by atoms with van der Waals surface area (Å²) in [7, 11) is -3.91. The SMILES string of the molecule is Cc1ccc(/C=C/c2onc(C)c2S(=O)(=O)N2CCC[C@H](C(=O)Nc3cccc(C)n3)C2)cc1. The largest absolute Gasteiger partial charge is 0.355 e. The third-order valence-corrected chi connectivity index (χ3v) is 7.85. The third-order valence-electron chi connectivity index (χ3n) is 5.83. The van der Waals surface area contributed by atoms with Crippen molar-refractivity contribution in [2.24, 2.45) is 5.92 Å². The van der Waals surface area contributed by atoms with Crippen molar-refractivity contribution in [2.45, 2.75) is 38.5 Å². The van der Waals surface area contributed by atoms with Crippen LogP contribution in [0.15, 0.2) is 51.9 Å². The number of carbonyl (C=O) groups excluding carboxylic acids is 1. The van der Waals surface area contributed by atoms with E-state index >= 15 is 0 Å². The van der Waals surface area contributed by atoms with E-state index in [2.05, 4.69) is 15.5 Å². The Morgan fingerprint density at radius 3 is 2.62 bits per heavy atom. The van der Waals surface area contributed by atoms with Gasteiger partial charge in [0.15, 0.2) is 10.7 Å². The second-order valence-corrected chi connectivity index (χ2v) is 10.4. The van der Waals surface area contributed by atoms with Crippen LogP contribution in [-0.2, 0) is 14.8 Å². The Morgan fingerprint density at radius 2 is 1.88 bits per heavy atom. The second kappa shape index (κ2) is 9.90. The summed E-state index contributed by atoms with van der Waals surface area (Å²) in [4.78, 5) is 17.2. The molecule has 8 nitrogen and oxygen atoms in total. The molecule has 1 aromatic carbocycles. The van der Waals surface area contributed by atoms with E-state index in [1.54, 1.807) is 25.1 Å². The van der Waals surface area contributed by atoms with Crippen LogP contribution in [0.2, 0.25) is 0 Å². The zero-order valence-electron chi connectivity index (χ0n) is 19.5. The van der Waals surface area contributed by atoms with E-state index in [1.165, 1.54) is 4.31 Å². The number of nitrogens with zero attached hydrogens (tertiary/aromatic N) is 3. The fourth-order valence-corrected chi connectivity index (χ4v) is 5.77. The van der Waals surface area contributed by atoms with Crippen molar-refractivity contribution >= 4 is 33.9 Å². The molecule has 178 valence electrons. The van der Waals surface area contributed by atoms with Gasteiger partial charge in [-0.2, -0.15) is 4.31 Å². The number of aromatic nitrogens is 2. The number of anilines is 1. The molecule has 3 aromatic rings. The first-order valence-electron chi connectivity index (χ1n) is 11.2. The fraction of sp³-hybridized carbons (Fsp3) is 0.320. The lowest BCUT2D eigenvalue weighted by Crippen LogP contribution is -2.44. The Balaban J connectivity index is 1.53. The molecule has 1 atom stereocenters. The van der Waals surface area contributed by atoms with Crippen LogP contribution in [0.3, 0.4) is 0 Å². The molecule has 0 saturated carbocycles. The van der Waals surface area contributed by atoms with Crippen molar-refractivity contribution in [3.63, 3.8) is 0 Å². The number of benzene rings is 1. The number of aryl methyl sites for hydroxylation is 3. The molecule has 0 unspecified atom stereocenters. The van der Waals surface area contributed by atoms with Gasteiger partial charge in [0.05, 0.1) is 5.92 Å². The lowest BCUT2D eigenvalue weighted by atomic mass is 9.99. The first-order chi connectivity index (χ1) is 16.2. The van der Waals surface area contributed by atoms with Crippen LogP contribution >= 0.6 is 0 Å². The van der Waals surface area contributed by atoms with Gasteiger partial charge in [0.25, 0.3) is 0 Å². The van der Waals surface area contributed by atoms with Crippen molar-refractivity contribution < 1.29 is 17.7 Å². The van der Waals surface area contributed by atoms with Gasteiger partial charge < -0.3 is 9.84 Å². The van der Waals surface area contributed by atoms with E-state index in [-0.39, 0.29) is 23.1 Å². The van der Waals surface area contributed by atoms with Crippen molar-refractivity contribution in [2.75, 3.05) is 18.4 Å². The first-order valence-corrected chi connectivity index (χ1v) is 12.6. The number of rotatable bonds is 6. The molecule has 0 bridgehead atoms. The summed E-state index contributed by atoms with van der Waals surface area (Å²) in [5.41, 5.74) is 3.14. The van der Waals surface area contributed by atoms with Crippen LogP contribution in [-0.4, -0.2) is 41.9 Å². The zero-order chi connectivity index (χ0) is 24.3. The molecule has 1 fully saturated rings. The lowest BCUT2D eigenvalue weighted by Gasteiger charge is -2.31. The van der Waals surface area contributed by atoms with Crippen molar-refractivity contribution in [3.8, 4) is 0 Å². The molecule has 0 aliphatic carbocycles. The van der Waals surface area contributed by atoms with E-state index in [1.807, 2.05) is 50.2 Å². The number of carbonyl (C=O) groups is 1. The van der Waals surface area contributed by atoms with Gasteiger partial charge in [0, 0.05) is 18.8 Å². The molecule has 1 saturated heterocycles. The minimum absolute atomic E-state index is 0.0391. The zero-order valence-corrected chi connectivity index (χ0v) is 20.3. The highest BCUT2D eigenvalue weighted by molar-refractivity contribution is 7.89. The molecule has 2 aromatic heterocycles. The molecular formula is C25H28N4O4S. The molecular weight excluding hydrogens is 452 g/mol. The predicted molar refractivity (Wildman–Crippen MR) is 130 cm³/mol. The van der Waals surface area contributed by atoms with Crippen LogP contribution in [0.5, 0.6) is 0 Å². The summed E-state index contributed by atoms with van der Waals surface area (Å²) in [6, 6.07) is 13.2. The molecule has 1 N–H and O–H groups in total. The van der Waals surface area contributed by atoms with Gasteiger partial charge in [0.1, 0.15) is 11.5 Å². The van der Waals surface area contributed by atoms with Crippen LogP contribution in [0.4, 0.5) is 5.82 Å². The second-order valence-electron chi connectivity index (χ2n) is 8.56. The molecule has 1 amide bonds. The minimum atomic E-state index is -3.91. The summed E-state index contributed by atoms with van der Waals surface area (Å²) < 4.78 is 33.8. The Hall–Kier alpha value is -3.30. The molecule has 34 heavy (non-hydrogen) atoms. The average Bonchev–Trinajstić information content (AvgIpc) is 3.20. The summed E-state index contributed by atoms with van der Waals surface area (Å²) >= 11 is 0. The standard InChI is InChI=1S/C25H28N4O4S/c1-17-9-11-20(12-10-17)13-14-22-24(19(3)28-33-22)34(31,32)29-15-5-7-21(16-29)25(30)27-23-8-4-6-18(2)26-23/h4,6,8-14,21H,5,7,15-16H2,1-3H3,(H,26,27,30)/b14-13+/t21-/m0/s1. The number of pyridine rings is 1. The van der Waals surface area contributed by atoms with Crippen molar-refractivity contribution in [1.29, 1.82) is 0 Å². The number of hydrogen-bond acceptors (Lipinski definition) is 6. The van der Waals surface area contributed by atoms with Crippen molar-refractivity contribution in [3.05, 3.63) is 70.7 Å². The van der Waals surface area contributed by atoms with Gasteiger partial charge in [-0.05, 0) is 57.4 Å². The minimum Gasteiger partial charge on any atom is -0.355 e. The molecule has 4 rings (SSSR count). The van der Waals surface area contributed by atoms with Crippen LogP contribution in [0.25, 0.3) is 12.2 Å². The molecule has 1 aliphatic rings. The van der Waals surface area contributed by atoms with Crippen LogP contribution in [0.1, 0.15) is 41.1 Å². The average molecular weight is 481 g/mol. The van der Waals surface area contributed by atoms with E-state index in [4.69, 9.17) is 4.52 Å². The van der Waals surface area contributed by atoms with E-state index < -0.39 is 15.9 Å². The van der Waals surface area contributed by atoms with Gasteiger partial charge in [-0.15, -0.1) is 0 Å². The highest BCUT2D eigenvalue weighted by Gasteiger charge is 2.37. The van der Waals surface area contributed by atoms with Gasteiger partial charge >= 0.3 is 0 Å². The quantitative estimate of drug-likeness (QED) is 0.567. The predicted octanol–water partition coefficient (Wildman–Crippen LogP) is 4.20. The van der Waals surface area contributed by atoms with Gasteiger partial charge in [-0.25, -0.2) is 13.4 Å². The Morgan fingerprint density at radius 1 is 1.12 bits per heavy atom. The maximum atomic E-state index is 13.6. The molecule has 0 spiro atoms. The van der Waals surface area contributed by atoms with Crippen LogP contribution < -0.4 is 5.32 Å². The summed E-state index contributed by atoms with van der Waals surface area (Å²) in [5.74, 6) is -0.0749. The maximum Gasteiger partial charge on any atom is 0.248 e. The first kappa shape index (κ1) is 23.8. The van der Waals surface area contributed by atoms with Gasteiger partial charge in [-0.1, -0.05) is 47.1 Å². The topological polar surface area (TPSA) is 105 Å². The smallest absolute Gasteiger partial charge is 0.248 e. The van der Waals surface area contributed by atoms with Crippen LogP contribution in [0, 0.1) is 26.7 Å². The van der Waals surface area contributed by atoms with Gasteiger partial charge in [0.2, 0.25) is 15.9 Å². The summed E-state index contributed by atoms with van der Waals surface area (Å²) in [6.07, 6.45) is 4.60. The number of nitrogens with one attached hydrogen (secondary N) is 1. The Labute approximate surface area is 199 Å². The number of hydrogen-bond donors (Lipinski definition) is 1.